The molecule has 1 aromatic rings. The van der Waals surface area contributed by atoms with Crippen LogP contribution in [0.25, 0.3) is 0 Å². The van der Waals surface area contributed by atoms with E-state index >= 15 is 0 Å². The third-order valence-electron chi connectivity index (χ3n) is 3.21. The van der Waals surface area contributed by atoms with E-state index in [0.717, 1.165) is 51.0 Å². The van der Waals surface area contributed by atoms with E-state index in [2.05, 4.69) is 24.1 Å². The molecule has 0 aliphatic rings. The lowest BCUT2D eigenvalue weighted by Gasteiger charge is -2.22. The maximum Gasteiger partial charge on any atom is 0.272 e. The van der Waals surface area contributed by atoms with Crippen LogP contribution in [-0.4, -0.2) is 35.4 Å². The number of pyridine rings is 1. The van der Waals surface area contributed by atoms with Crippen LogP contribution in [0.2, 0.25) is 0 Å². The van der Waals surface area contributed by atoms with Gasteiger partial charge in [-0.25, -0.2) is 0 Å². The third kappa shape index (κ3) is 5.19. The van der Waals surface area contributed by atoms with E-state index in [4.69, 9.17) is 0 Å². The number of amides is 1. The fourth-order valence-corrected chi connectivity index (χ4v) is 2.04. The van der Waals surface area contributed by atoms with E-state index < -0.39 is 0 Å². The number of carbonyl (C=O) groups is 1. The molecule has 0 unspecified atom stereocenters. The zero-order valence-electron chi connectivity index (χ0n) is 13.0. The number of hydrogen-bond acceptors (Lipinski definition) is 3. The first kappa shape index (κ1) is 16.5. The number of nitrogens with zero attached hydrogens (tertiary/aromatic N) is 2. The molecule has 0 radical (unpaired) electrons. The van der Waals surface area contributed by atoms with Crippen LogP contribution < -0.4 is 5.32 Å². The monoisotopic (exact) mass is 277 g/mol. The molecule has 20 heavy (non-hydrogen) atoms. The maximum atomic E-state index is 12.5. The molecule has 4 nitrogen and oxygen atoms in total. The van der Waals surface area contributed by atoms with Gasteiger partial charge in [-0.2, -0.15) is 0 Å². The highest BCUT2D eigenvalue weighted by Gasteiger charge is 2.16. The molecule has 0 saturated carbocycles. The van der Waals surface area contributed by atoms with Crippen molar-refractivity contribution in [3.63, 3.8) is 0 Å². The minimum Gasteiger partial charge on any atom is -0.385 e. The molecule has 0 fully saturated rings. The Kier molecular flexibility index (Phi) is 7.70. The second-order valence-electron chi connectivity index (χ2n) is 4.96. The molecule has 0 spiro atoms. The summed E-state index contributed by atoms with van der Waals surface area (Å²) in [4.78, 5) is 18.7. The van der Waals surface area contributed by atoms with Crippen LogP contribution in [0.3, 0.4) is 0 Å². The van der Waals surface area contributed by atoms with Crippen molar-refractivity contribution < 1.29 is 4.79 Å². The van der Waals surface area contributed by atoms with Crippen molar-refractivity contribution in [3.05, 3.63) is 24.0 Å². The lowest BCUT2D eigenvalue weighted by Crippen LogP contribution is -2.33. The van der Waals surface area contributed by atoms with Gasteiger partial charge < -0.3 is 10.2 Å². The van der Waals surface area contributed by atoms with Crippen LogP contribution in [-0.2, 0) is 0 Å². The number of nitrogens with one attached hydrogen (secondary N) is 1. The van der Waals surface area contributed by atoms with Crippen molar-refractivity contribution in [2.45, 2.75) is 46.5 Å². The van der Waals surface area contributed by atoms with Crippen LogP contribution in [0, 0.1) is 0 Å². The number of anilines is 1. The van der Waals surface area contributed by atoms with Crippen LogP contribution in [0.4, 0.5) is 5.69 Å². The van der Waals surface area contributed by atoms with Crippen molar-refractivity contribution in [1.82, 2.24) is 9.88 Å². The van der Waals surface area contributed by atoms with E-state index in [0.29, 0.717) is 5.69 Å². The average Bonchev–Trinajstić information content (AvgIpc) is 2.47. The van der Waals surface area contributed by atoms with E-state index in [1.807, 2.05) is 24.0 Å². The zero-order chi connectivity index (χ0) is 14.8. The molecular weight excluding hydrogens is 250 g/mol. The quantitative estimate of drug-likeness (QED) is 0.750. The van der Waals surface area contributed by atoms with Gasteiger partial charge in [-0.3, -0.25) is 9.78 Å². The van der Waals surface area contributed by atoms with Gasteiger partial charge in [0.25, 0.3) is 5.91 Å². The van der Waals surface area contributed by atoms with Gasteiger partial charge in [-0.1, -0.05) is 26.7 Å². The lowest BCUT2D eigenvalue weighted by atomic mass is 10.2. The van der Waals surface area contributed by atoms with Gasteiger partial charge in [0.1, 0.15) is 5.69 Å². The van der Waals surface area contributed by atoms with Crippen molar-refractivity contribution in [1.29, 1.82) is 0 Å². The highest BCUT2D eigenvalue weighted by molar-refractivity contribution is 5.93. The fourth-order valence-electron chi connectivity index (χ4n) is 2.04. The van der Waals surface area contributed by atoms with Crippen LogP contribution in [0.15, 0.2) is 18.3 Å². The predicted octanol–water partition coefficient (Wildman–Crippen LogP) is 3.56. The smallest absolute Gasteiger partial charge is 0.272 e. The molecule has 1 rings (SSSR count). The van der Waals surface area contributed by atoms with Gasteiger partial charge in [-0.05, 0) is 31.9 Å². The Balaban J connectivity index is 2.78. The fraction of sp³-hybridized carbons (Fsp3) is 0.625. The van der Waals surface area contributed by atoms with Crippen LogP contribution in [0.1, 0.15) is 56.9 Å². The van der Waals surface area contributed by atoms with Crippen LogP contribution in [0.5, 0.6) is 0 Å². The minimum absolute atomic E-state index is 0.0478. The number of aromatic nitrogens is 1. The van der Waals surface area contributed by atoms with Gasteiger partial charge in [0.05, 0.1) is 0 Å². The Morgan fingerprint density at radius 2 is 1.85 bits per heavy atom. The Hall–Kier alpha value is -1.58. The zero-order valence-corrected chi connectivity index (χ0v) is 13.0. The summed E-state index contributed by atoms with van der Waals surface area (Å²) in [7, 11) is 0. The number of carbonyl (C=O) groups excluding carboxylic acids is 1. The molecule has 0 aliphatic heterocycles. The second kappa shape index (κ2) is 9.34. The minimum atomic E-state index is 0.0478. The third-order valence-corrected chi connectivity index (χ3v) is 3.21. The number of hydrogen-bond donors (Lipinski definition) is 1. The molecule has 1 amide bonds. The average molecular weight is 277 g/mol. The Bertz CT molecular complexity index is 398. The summed E-state index contributed by atoms with van der Waals surface area (Å²) in [6.45, 7) is 8.81. The molecular formula is C16H27N3O. The summed E-state index contributed by atoms with van der Waals surface area (Å²) < 4.78 is 0. The van der Waals surface area contributed by atoms with Crippen molar-refractivity contribution in [2.24, 2.45) is 0 Å². The molecule has 0 bridgehead atoms. The van der Waals surface area contributed by atoms with Crippen molar-refractivity contribution in [3.8, 4) is 0 Å². The van der Waals surface area contributed by atoms with Gasteiger partial charge in [0.15, 0.2) is 0 Å². The molecule has 0 aliphatic carbocycles. The van der Waals surface area contributed by atoms with Gasteiger partial charge in [0, 0.05) is 31.5 Å². The SMILES string of the molecule is CCCCN(CCCC)C(=O)c1cc(NCC)ccn1. The highest BCUT2D eigenvalue weighted by atomic mass is 16.2. The van der Waals surface area contributed by atoms with Crippen LogP contribution >= 0.6 is 0 Å². The molecule has 1 heterocycles. The van der Waals surface area contributed by atoms with E-state index in [-0.39, 0.29) is 5.91 Å². The molecule has 4 heteroatoms. The van der Waals surface area contributed by atoms with E-state index in [1.54, 1.807) is 6.20 Å². The normalized spacial score (nSPS) is 10.3. The second-order valence-corrected chi connectivity index (χ2v) is 4.96. The summed E-state index contributed by atoms with van der Waals surface area (Å²) >= 11 is 0. The number of rotatable bonds is 9. The Labute approximate surface area is 122 Å². The van der Waals surface area contributed by atoms with Gasteiger partial charge in [-0.15, -0.1) is 0 Å². The summed E-state index contributed by atoms with van der Waals surface area (Å²) in [5.74, 6) is 0.0478. The topological polar surface area (TPSA) is 45.2 Å². The van der Waals surface area contributed by atoms with E-state index in [9.17, 15) is 4.79 Å². The lowest BCUT2D eigenvalue weighted by molar-refractivity contribution is 0.0745. The van der Waals surface area contributed by atoms with Crippen molar-refractivity contribution >= 4 is 11.6 Å². The Morgan fingerprint density at radius 3 is 2.40 bits per heavy atom. The summed E-state index contributed by atoms with van der Waals surface area (Å²) in [6.07, 6.45) is 5.98. The van der Waals surface area contributed by atoms with Crippen molar-refractivity contribution in [2.75, 3.05) is 25.0 Å². The first-order valence-electron chi connectivity index (χ1n) is 7.72. The number of unbranched alkanes of at least 4 members (excludes halogenated alkanes) is 2. The van der Waals surface area contributed by atoms with Gasteiger partial charge >= 0.3 is 0 Å². The summed E-state index contributed by atoms with van der Waals surface area (Å²) in [5.41, 5.74) is 1.49. The largest absolute Gasteiger partial charge is 0.385 e. The molecule has 0 saturated heterocycles. The first-order chi connectivity index (χ1) is 9.72. The molecule has 0 aromatic carbocycles. The molecule has 112 valence electrons. The first-order valence-corrected chi connectivity index (χ1v) is 7.72. The van der Waals surface area contributed by atoms with E-state index in [1.165, 1.54) is 0 Å². The highest BCUT2D eigenvalue weighted by Crippen LogP contribution is 2.11. The molecule has 1 N–H and O–H groups in total. The maximum absolute atomic E-state index is 12.5. The van der Waals surface area contributed by atoms with Gasteiger partial charge in [0.2, 0.25) is 0 Å². The standard InChI is InChI=1S/C16H27N3O/c1-4-7-11-19(12-8-5-2)16(20)15-13-14(17-6-3)9-10-18-15/h9-10,13H,4-8,11-12H2,1-3H3,(H,17,18). The summed E-state index contributed by atoms with van der Waals surface area (Å²) in [6, 6.07) is 3.74. The summed E-state index contributed by atoms with van der Waals surface area (Å²) in [5, 5.41) is 3.22. The molecule has 1 aromatic heterocycles. The molecule has 0 atom stereocenters. The predicted molar refractivity (Wildman–Crippen MR) is 84.1 cm³/mol. The Morgan fingerprint density at radius 1 is 1.20 bits per heavy atom.